The molecule has 0 spiro atoms. The fraction of sp³-hybridized carbons (Fsp3) is 0.812. The summed E-state index contributed by atoms with van der Waals surface area (Å²) in [6.07, 6.45) is 1.85. The van der Waals surface area contributed by atoms with E-state index in [1.54, 1.807) is 7.05 Å². The van der Waals surface area contributed by atoms with Crippen molar-refractivity contribution in [2.75, 3.05) is 26.7 Å². The van der Waals surface area contributed by atoms with Crippen LogP contribution in [-0.2, 0) is 16.4 Å². The van der Waals surface area contributed by atoms with Crippen molar-refractivity contribution in [2.45, 2.75) is 57.0 Å². The lowest BCUT2D eigenvalue weighted by Gasteiger charge is -2.32. The van der Waals surface area contributed by atoms with Gasteiger partial charge in [0.25, 0.3) is 0 Å². The highest BCUT2D eigenvalue weighted by molar-refractivity contribution is 14.0. The highest BCUT2D eigenvalue weighted by Gasteiger charge is 2.50. The number of hydrogen-bond acceptors (Lipinski definition) is 6. The van der Waals surface area contributed by atoms with Crippen LogP contribution in [-0.4, -0.2) is 67.1 Å². The summed E-state index contributed by atoms with van der Waals surface area (Å²) in [5.74, 6) is 1.95. The number of piperidine rings is 1. The van der Waals surface area contributed by atoms with E-state index in [0.29, 0.717) is 34.9 Å². The molecule has 14 heteroatoms. The van der Waals surface area contributed by atoms with Crippen LogP contribution >= 0.6 is 24.0 Å². The number of sulfonamides is 1. The number of halogens is 4. The summed E-state index contributed by atoms with van der Waals surface area (Å²) in [4.78, 5) is 8.39. The Morgan fingerprint density at radius 1 is 1.33 bits per heavy atom. The lowest BCUT2D eigenvalue weighted by Crippen LogP contribution is -2.51. The summed E-state index contributed by atoms with van der Waals surface area (Å²) in [6.45, 7) is 4.17. The Bertz CT molecular complexity index is 792. The monoisotopic (exact) mass is 568 g/mol. The third-order valence-corrected chi connectivity index (χ3v) is 6.14. The standard InChI is InChI=1S/C16H27F3N6O3S.HI/c1-11(2)14-23-13(28-24-14)5-4-8-21-15(20-3)22-12-6-9-25(10-7-12)29(26,27)16(17,18)19;/h11-12H,4-10H2,1-3H3,(H2,20,21,22);1H. The predicted molar refractivity (Wildman–Crippen MR) is 116 cm³/mol. The molecular formula is C16H28F3IN6O3S. The van der Waals surface area contributed by atoms with Crippen LogP contribution in [0.15, 0.2) is 9.52 Å². The van der Waals surface area contributed by atoms with Crippen molar-refractivity contribution in [1.29, 1.82) is 0 Å². The number of aryl methyl sites for hydroxylation is 1. The SMILES string of the molecule is CN=C(NCCCc1nc(C(C)C)no1)NC1CCN(S(=O)(=O)C(F)(F)F)CC1.I. The molecule has 1 aromatic heterocycles. The van der Waals surface area contributed by atoms with Crippen molar-refractivity contribution < 1.29 is 26.1 Å². The molecule has 0 saturated carbocycles. The highest BCUT2D eigenvalue weighted by Crippen LogP contribution is 2.28. The van der Waals surface area contributed by atoms with Crippen LogP contribution in [0.2, 0.25) is 0 Å². The Morgan fingerprint density at radius 2 is 1.97 bits per heavy atom. The molecule has 9 nitrogen and oxygen atoms in total. The first-order valence-electron chi connectivity index (χ1n) is 9.40. The molecule has 0 radical (unpaired) electrons. The molecule has 0 bridgehead atoms. The number of hydrogen-bond donors (Lipinski definition) is 2. The van der Waals surface area contributed by atoms with E-state index in [0.717, 1.165) is 6.42 Å². The van der Waals surface area contributed by atoms with E-state index in [2.05, 4.69) is 25.8 Å². The minimum absolute atomic E-state index is 0. The van der Waals surface area contributed by atoms with Gasteiger partial charge in [0, 0.05) is 45.1 Å². The molecular weight excluding hydrogens is 540 g/mol. The van der Waals surface area contributed by atoms with E-state index in [1.807, 2.05) is 13.8 Å². The zero-order valence-electron chi connectivity index (χ0n) is 17.1. The molecule has 1 fully saturated rings. The lowest BCUT2D eigenvalue weighted by atomic mass is 10.1. The Kier molecular flexibility index (Phi) is 10.3. The zero-order chi connectivity index (χ0) is 21.7. The second-order valence-electron chi connectivity index (χ2n) is 7.07. The van der Waals surface area contributed by atoms with Crippen LogP contribution in [0.3, 0.4) is 0 Å². The van der Waals surface area contributed by atoms with Crippen LogP contribution in [0.5, 0.6) is 0 Å². The largest absolute Gasteiger partial charge is 0.511 e. The second kappa shape index (κ2) is 11.5. The predicted octanol–water partition coefficient (Wildman–Crippen LogP) is 2.22. The normalized spacial score (nSPS) is 17.1. The van der Waals surface area contributed by atoms with Gasteiger partial charge < -0.3 is 15.2 Å². The fourth-order valence-electron chi connectivity index (χ4n) is 2.83. The Hall–Kier alpha value is -1.16. The maximum absolute atomic E-state index is 12.6. The van der Waals surface area contributed by atoms with E-state index in [1.165, 1.54) is 0 Å². The van der Waals surface area contributed by atoms with Crippen molar-refractivity contribution in [3.8, 4) is 0 Å². The molecule has 1 aromatic rings. The van der Waals surface area contributed by atoms with Gasteiger partial charge in [-0.3, -0.25) is 4.99 Å². The molecule has 2 heterocycles. The van der Waals surface area contributed by atoms with Gasteiger partial charge in [-0.05, 0) is 19.3 Å². The molecule has 1 aliphatic heterocycles. The molecule has 0 aromatic carbocycles. The highest BCUT2D eigenvalue weighted by atomic mass is 127. The maximum atomic E-state index is 12.6. The van der Waals surface area contributed by atoms with Gasteiger partial charge in [-0.1, -0.05) is 19.0 Å². The molecule has 2 rings (SSSR count). The third kappa shape index (κ3) is 7.21. The quantitative estimate of drug-likeness (QED) is 0.225. The van der Waals surface area contributed by atoms with Crippen LogP contribution in [0.25, 0.3) is 0 Å². The fourth-order valence-corrected chi connectivity index (χ4v) is 3.81. The number of alkyl halides is 3. The summed E-state index contributed by atoms with van der Waals surface area (Å²) >= 11 is 0. The summed E-state index contributed by atoms with van der Waals surface area (Å²) < 4.78 is 66.4. The van der Waals surface area contributed by atoms with Crippen molar-refractivity contribution in [2.24, 2.45) is 4.99 Å². The van der Waals surface area contributed by atoms with Crippen molar-refractivity contribution in [3.63, 3.8) is 0 Å². The first-order valence-corrected chi connectivity index (χ1v) is 10.8. The molecule has 1 aliphatic rings. The van der Waals surface area contributed by atoms with Gasteiger partial charge in [-0.15, -0.1) is 24.0 Å². The molecule has 0 amide bonds. The van der Waals surface area contributed by atoms with E-state index in [-0.39, 0.29) is 61.9 Å². The first kappa shape index (κ1) is 26.9. The molecule has 0 atom stereocenters. The minimum Gasteiger partial charge on any atom is -0.356 e. The number of aliphatic imine (C=N–C) groups is 1. The summed E-state index contributed by atoms with van der Waals surface area (Å²) in [5.41, 5.74) is -5.26. The van der Waals surface area contributed by atoms with E-state index < -0.39 is 15.5 Å². The lowest BCUT2D eigenvalue weighted by molar-refractivity contribution is -0.0494. The van der Waals surface area contributed by atoms with Crippen LogP contribution in [0.4, 0.5) is 13.2 Å². The first-order chi connectivity index (χ1) is 13.5. The van der Waals surface area contributed by atoms with Crippen LogP contribution in [0, 0.1) is 0 Å². The summed E-state index contributed by atoms with van der Waals surface area (Å²) in [5, 5.41) is 10.1. The number of nitrogens with one attached hydrogen (secondary N) is 2. The van der Waals surface area contributed by atoms with Gasteiger partial charge in [0.2, 0.25) is 5.89 Å². The second-order valence-corrected chi connectivity index (χ2v) is 9.00. The zero-order valence-corrected chi connectivity index (χ0v) is 20.2. The van der Waals surface area contributed by atoms with E-state index in [4.69, 9.17) is 4.52 Å². The number of guanidine groups is 1. The van der Waals surface area contributed by atoms with Gasteiger partial charge in [0.15, 0.2) is 11.8 Å². The Balaban J connectivity index is 0.00000450. The van der Waals surface area contributed by atoms with Crippen LogP contribution < -0.4 is 10.6 Å². The van der Waals surface area contributed by atoms with Crippen molar-refractivity contribution in [1.82, 2.24) is 25.1 Å². The maximum Gasteiger partial charge on any atom is 0.511 e. The molecule has 30 heavy (non-hydrogen) atoms. The van der Waals surface area contributed by atoms with Gasteiger partial charge in [0.05, 0.1) is 0 Å². The van der Waals surface area contributed by atoms with E-state index >= 15 is 0 Å². The molecule has 0 unspecified atom stereocenters. The number of nitrogens with zero attached hydrogens (tertiary/aromatic N) is 4. The Morgan fingerprint density at radius 3 is 2.47 bits per heavy atom. The molecule has 1 saturated heterocycles. The van der Waals surface area contributed by atoms with Gasteiger partial charge >= 0.3 is 15.5 Å². The average molecular weight is 568 g/mol. The number of aromatic nitrogens is 2. The minimum atomic E-state index is -5.26. The molecule has 174 valence electrons. The molecule has 2 N–H and O–H groups in total. The Labute approximate surface area is 191 Å². The topological polar surface area (TPSA) is 113 Å². The molecule has 0 aliphatic carbocycles. The average Bonchev–Trinajstić information content (AvgIpc) is 3.13. The van der Waals surface area contributed by atoms with E-state index in [9.17, 15) is 21.6 Å². The van der Waals surface area contributed by atoms with Gasteiger partial charge in [-0.2, -0.15) is 22.5 Å². The third-order valence-electron chi connectivity index (χ3n) is 4.51. The number of rotatable bonds is 7. The van der Waals surface area contributed by atoms with Gasteiger partial charge in [-0.25, -0.2) is 8.42 Å². The van der Waals surface area contributed by atoms with Crippen molar-refractivity contribution >= 4 is 40.0 Å². The van der Waals surface area contributed by atoms with Gasteiger partial charge in [0.1, 0.15) is 0 Å². The smallest absolute Gasteiger partial charge is 0.356 e. The summed E-state index contributed by atoms with van der Waals surface area (Å²) in [6, 6.07) is -0.162. The van der Waals surface area contributed by atoms with Crippen LogP contribution in [0.1, 0.15) is 50.7 Å². The summed E-state index contributed by atoms with van der Waals surface area (Å²) in [7, 11) is -3.68. The van der Waals surface area contributed by atoms with Crippen molar-refractivity contribution in [3.05, 3.63) is 11.7 Å².